The zero-order chi connectivity index (χ0) is 21.5. The Kier molecular flexibility index (Phi) is 5.46. The topological polar surface area (TPSA) is 66.6 Å². The Bertz CT molecular complexity index is 1100. The molecule has 3 heterocycles. The zero-order valence-corrected chi connectivity index (χ0v) is 16.9. The van der Waals surface area contributed by atoms with Gasteiger partial charge in [0.2, 0.25) is 5.91 Å². The van der Waals surface area contributed by atoms with Crippen LogP contribution in [0.1, 0.15) is 11.4 Å². The van der Waals surface area contributed by atoms with Crippen LogP contribution in [0.3, 0.4) is 0 Å². The first-order chi connectivity index (χ1) is 14.2. The van der Waals surface area contributed by atoms with Crippen molar-refractivity contribution in [1.29, 1.82) is 0 Å². The minimum atomic E-state index is -4.65. The third kappa shape index (κ3) is 4.15. The van der Waals surface area contributed by atoms with Crippen molar-refractivity contribution in [1.82, 2.24) is 24.7 Å². The number of carbonyl (C=O) groups is 1. The molecular weight excluding hydrogens is 444 g/mol. The van der Waals surface area contributed by atoms with Crippen molar-refractivity contribution in [2.24, 2.45) is 0 Å². The van der Waals surface area contributed by atoms with Gasteiger partial charge in [0.1, 0.15) is 5.82 Å². The van der Waals surface area contributed by atoms with Crippen molar-refractivity contribution in [3.8, 4) is 0 Å². The van der Waals surface area contributed by atoms with E-state index in [4.69, 9.17) is 23.2 Å². The number of amides is 1. The SMILES string of the molecule is O=C(Cc1ccc(Cl)c(Cl)c1)N1CCN(c2ccc3nnc(C(F)(F)F)n3n2)CC1. The van der Waals surface area contributed by atoms with E-state index in [0.717, 1.165) is 5.56 Å². The summed E-state index contributed by atoms with van der Waals surface area (Å²) in [7, 11) is 0. The smallest absolute Gasteiger partial charge is 0.352 e. The third-order valence-electron chi connectivity index (χ3n) is 4.80. The van der Waals surface area contributed by atoms with Crippen LogP contribution >= 0.6 is 23.2 Å². The van der Waals surface area contributed by atoms with E-state index in [1.54, 1.807) is 29.2 Å². The molecule has 0 N–H and O–H groups in total. The van der Waals surface area contributed by atoms with Crippen LogP contribution < -0.4 is 4.90 Å². The number of benzene rings is 1. The quantitative estimate of drug-likeness (QED) is 0.601. The van der Waals surface area contributed by atoms with Crippen LogP contribution in [0.5, 0.6) is 0 Å². The molecule has 2 aromatic heterocycles. The second kappa shape index (κ2) is 7.92. The van der Waals surface area contributed by atoms with Crippen LogP contribution in [0, 0.1) is 0 Å². The number of fused-ring (bicyclic) bond motifs is 1. The molecule has 1 fully saturated rings. The van der Waals surface area contributed by atoms with E-state index in [0.29, 0.717) is 46.6 Å². The highest BCUT2D eigenvalue weighted by Crippen LogP contribution is 2.28. The Morgan fingerprint density at radius 3 is 2.40 bits per heavy atom. The number of hydrogen-bond acceptors (Lipinski definition) is 5. The molecule has 0 spiro atoms. The Hall–Kier alpha value is -2.59. The zero-order valence-electron chi connectivity index (χ0n) is 15.4. The lowest BCUT2D eigenvalue weighted by Crippen LogP contribution is -2.49. The van der Waals surface area contributed by atoms with Gasteiger partial charge in [-0.15, -0.1) is 15.3 Å². The summed E-state index contributed by atoms with van der Waals surface area (Å²) in [5, 5.41) is 11.5. The molecule has 12 heteroatoms. The van der Waals surface area contributed by atoms with E-state index in [2.05, 4.69) is 15.3 Å². The van der Waals surface area contributed by atoms with Crippen molar-refractivity contribution in [2.45, 2.75) is 12.6 Å². The summed E-state index contributed by atoms with van der Waals surface area (Å²) >= 11 is 11.9. The lowest BCUT2D eigenvalue weighted by Gasteiger charge is -2.35. The second-order valence-electron chi connectivity index (χ2n) is 6.78. The predicted molar refractivity (Wildman–Crippen MR) is 105 cm³/mol. The molecule has 30 heavy (non-hydrogen) atoms. The first-order valence-corrected chi connectivity index (χ1v) is 9.74. The Balaban J connectivity index is 1.42. The average Bonchev–Trinajstić information content (AvgIpc) is 3.14. The fraction of sp³-hybridized carbons (Fsp3) is 0.333. The summed E-state index contributed by atoms with van der Waals surface area (Å²) in [5.41, 5.74) is 0.776. The van der Waals surface area contributed by atoms with Crippen molar-refractivity contribution >= 4 is 40.6 Å². The maximum absolute atomic E-state index is 13.1. The molecule has 0 atom stereocenters. The van der Waals surface area contributed by atoms with Gasteiger partial charge in [0.05, 0.1) is 16.5 Å². The van der Waals surface area contributed by atoms with Gasteiger partial charge in [0, 0.05) is 26.2 Å². The van der Waals surface area contributed by atoms with Crippen molar-refractivity contribution < 1.29 is 18.0 Å². The molecule has 1 amide bonds. The van der Waals surface area contributed by atoms with Crippen LogP contribution in [0.15, 0.2) is 30.3 Å². The number of aromatic nitrogens is 4. The van der Waals surface area contributed by atoms with E-state index in [1.165, 1.54) is 6.07 Å². The highest BCUT2D eigenvalue weighted by molar-refractivity contribution is 6.42. The van der Waals surface area contributed by atoms with E-state index in [9.17, 15) is 18.0 Å². The van der Waals surface area contributed by atoms with Gasteiger partial charge < -0.3 is 9.80 Å². The van der Waals surface area contributed by atoms with Crippen LogP contribution in [-0.2, 0) is 17.4 Å². The molecular formula is C18H15Cl2F3N6O. The van der Waals surface area contributed by atoms with Gasteiger partial charge in [-0.3, -0.25) is 4.79 Å². The van der Waals surface area contributed by atoms with Crippen LogP contribution in [0.4, 0.5) is 19.0 Å². The molecule has 0 aliphatic carbocycles. The van der Waals surface area contributed by atoms with Crippen LogP contribution in [-0.4, -0.2) is 56.8 Å². The highest BCUT2D eigenvalue weighted by Gasteiger charge is 2.38. The van der Waals surface area contributed by atoms with Gasteiger partial charge in [0.25, 0.3) is 5.82 Å². The number of anilines is 1. The molecule has 1 aromatic carbocycles. The summed E-state index contributed by atoms with van der Waals surface area (Å²) in [5.74, 6) is -0.867. The van der Waals surface area contributed by atoms with E-state index < -0.39 is 12.0 Å². The van der Waals surface area contributed by atoms with Crippen LogP contribution in [0.2, 0.25) is 10.0 Å². The molecule has 4 rings (SSSR count). The number of piperazine rings is 1. The molecule has 0 bridgehead atoms. The van der Waals surface area contributed by atoms with E-state index in [-0.39, 0.29) is 18.0 Å². The molecule has 3 aromatic rings. The van der Waals surface area contributed by atoms with Crippen molar-refractivity contribution in [3.63, 3.8) is 0 Å². The summed E-state index contributed by atoms with van der Waals surface area (Å²) < 4.78 is 39.9. The minimum absolute atomic E-state index is 0.0153. The number of alkyl halides is 3. The average molecular weight is 459 g/mol. The van der Waals surface area contributed by atoms with Crippen molar-refractivity contribution in [3.05, 3.63) is 51.8 Å². The first kappa shape index (κ1) is 20.7. The molecule has 7 nitrogen and oxygen atoms in total. The lowest BCUT2D eigenvalue weighted by atomic mass is 10.1. The summed E-state index contributed by atoms with van der Waals surface area (Å²) in [6.07, 6.45) is -4.46. The predicted octanol–water partition coefficient (Wildman–Crippen LogP) is 3.34. The van der Waals surface area contributed by atoms with E-state index >= 15 is 0 Å². The maximum Gasteiger partial charge on any atom is 0.453 e. The minimum Gasteiger partial charge on any atom is -0.352 e. The highest BCUT2D eigenvalue weighted by atomic mass is 35.5. The number of rotatable bonds is 3. The van der Waals surface area contributed by atoms with Gasteiger partial charge in [-0.25, -0.2) is 0 Å². The molecule has 0 unspecified atom stereocenters. The van der Waals surface area contributed by atoms with Gasteiger partial charge >= 0.3 is 6.18 Å². The molecule has 1 aliphatic rings. The van der Waals surface area contributed by atoms with Gasteiger partial charge in [-0.1, -0.05) is 29.3 Å². The number of carbonyl (C=O) groups excluding carboxylic acids is 1. The van der Waals surface area contributed by atoms with Gasteiger partial charge in [-0.2, -0.15) is 17.7 Å². The Morgan fingerprint density at radius 2 is 1.73 bits per heavy atom. The summed E-state index contributed by atoms with van der Waals surface area (Å²) in [6.45, 7) is 1.73. The second-order valence-corrected chi connectivity index (χ2v) is 7.59. The van der Waals surface area contributed by atoms with Gasteiger partial charge in [-0.05, 0) is 29.8 Å². The lowest BCUT2D eigenvalue weighted by molar-refractivity contribution is -0.146. The fourth-order valence-corrected chi connectivity index (χ4v) is 3.57. The first-order valence-electron chi connectivity index (χ1n) is 8.99. The number of nitrogens with zero attached hydrogens (tertiary/aromatic N) is 6. The van der Waals surface area contributed by atoms with E-state index in [1.807, 2.05) is 4.90 Å². The normalized spacial score (nSPS) is 15.1. The summed E-state index contributed by atoms with van der Waals surface area (Å²) in [4.78, 5) is 16.1. The maximum atomic E-state index is 13.1. The monoisotopic (exact) mass is 458 g/mol. The Morgan fingerprint density at radius 1 is 1.00 bits per heavy atom. The molecule has 1 saturated heterocycles. The molecule has 1 aliphatic heterocycles. The summed E-state index contributed by atoms with van der Waals surface area (Å²) in [6, 6.07) is 8.09. The Labute approximate surface area is 179 Å². The third-order valence-corrected chi connectivity index (χ3v) is 5.54. The number of hydrogen-bond donors (Lipinski definition) is 0. The van der Waals surface area contributed by atoms with Crippen molar-refractivity contribution in [2.75, 3.05) is 31.1 Å². The molecule has 0 radical (unpaired) electrons. The standard InChI is InChI=1S/C18H15Cl2F3N6O/c19-12-2-1-11(9-13(12)20)10-16(30)28-7-5-27(6-8-28)15-4-3-14-24-25-17(18(21,22)23)29(14)26-15/h1-4,9H,5-8,10H2. The fourth-order valence-electron chi connectivity index (χ4n) is 3.25. The largest absolute Gasteiger partial charge is 0.453 e. The van der Waals surface area contributed by atoms with Crippen LogP contribution in [0.25, 0.3) is 5.65 Å². The number of halogens is 5. The van der Waals surface area contributed by atoms with Gasteiger partial charge in [0.15, 0.2) is 5.65 Å². The molecule has 158 valence electrons. The molecule has 0 saturated carbocycles.